The van der Waals surface area contributed by atoms with E-state index in [0.29, 0.717) is 11.1 Å². The molecule has 4 rings (SSSR count). The molecule has 1 N–H and O–H groups in total. The van der Waals surface area contributed by atoms with Crippen molar-refractivity contribution >= 4 is 17.4 Å². The van der Waals surface area contributed by atoms with Crippen LogP contribution in [-0.2, 0) is 16.1 Å². The number of aliphatic hydroxyl groups is 1. The van der Waals surface area contributed by atoms with Gasteiger partial charge in [-0.25, -0.2) is 4.39 Å². The number of ketones is 1. The molecule has 1 aliphatic heterocycles. The number of carbonyl (C=O) groups excluding carboxylic acids is 2. The number of amides is 1. The molecule has 0 spiro atoms. The molecule has 1 aliphatic rings. The molecule has 1 atom stereocenters. The summed E-state index contributed by atoms with van der Waals surface area (Å²) in [5.41, 5.74) is 1.73. The SMILES string of the molecule is O=C1C(=O)N(Cc2ccccc2)C(c2ccc(F)cc2)/C1=C(\O)c1ccncc1. The van der Waals surface area contributed by atoms with Crippen molar-refractivity contribution in [2.45, 2.75) is 12.6 Å². The monoisotopic (exact) mass is 388 g/mol. The molecule has 0 aliphatic carbocycles. The molecule has 1 fully saturated rings. The fraction of sp³-hybridized carbons (Fsp3) is 0.0870. The van der Waals surface area contributed by atoms with E-state index in [1.807, 2.05) is 30.3 Å². The Morgan fingerprint density at radius 3 is 2.28 bits per heavy atom. The minimum atomic E-state index is -0.830. The van der Waals surface area contributed by atoms with Crippen molar-refractivity contribution in [1.82, 2.24) is 9.88 Å². The first-order valence-corrected chi connectivity index (χ1v) is 9.04. The van der Waals surface area contributed by atoms with Crippen molar-refractivity contribution in [2.75, 3.05) is 0 Å². The van der Waals surface area contributed by atoms with Gasteiger partial charge in [-0.15, -0.1) is 0 Å². The third kappa shape index (κ3) is 3.52. The molecule has 5 nitrogen and oxygen atoms in total. The molecule has 0 saturated carbocycles. The van der Waals surface area contributed by atoms with E-state index in [1.54, 1.807) is 12.1 Å². The van der Waals surface area contributed by atoms with Gasteiger partial charge < -0.3 is 10.0 Å². The van der Waals surface area contributed by atoms with Crippen LogP contribution in [0.4, 0.5) is 4.39 Å². The zero-order chi connectivity index (χ0) is 20.4. The normalized spacial score (nSPS) is 18.2. The summed E-state index contributed by atoms with van der Waals surface area (Å²) in [7, 11) is 0. The summed E-state index contributed by atoms with van der Waals surface area (Å²) in [6, 6.07) is 17.1. The van der Waals surface area contributed by atoms with Crippen molar-refractivity contribution in [3.63, 3.8) is 0 Å². The highest BCUT2D eigenvalue weighted by Crippen LogP contribution is 2.40. The van der Waals surface area contributed by atoms with Gasteiger partial charge in [-0.2, -0.15) is 0 Å². The number of halogens is 1. The number of likely N-dealkylation sites (tertiary alicyclic amines) is 1. The van der Waals surface area contributed by atoms with E-state index in [4.69, 9.17) is 0 Å². The Kier molecular flexibility index (Phi) is 4.91. The summed E-state index contributed by atoms with van der Waals surface area (Å²) in [5.74, 6) is -2.19. The lowest BCUT2D eigenvalue weighted by atomic mass is 9.95. The number of Topliss-reactive ketones (excluding diaryl/α,β-unsaturated/α-hetero) is 1. The van der Waals surface area contributed by atoms with Gasteiger partial charge in [0.2, 0.25) is 0 Å². The second-order valence-electron chi connectivity index (χ2n) is 6.70. The van der Waals surface area contributed by atoms with Gasteiger partial charge in [-0.05, 0) is 35.4 Å². The highest BCUT2D eigenvalue weighted by Gasteiger charge is 2.46. The predicted octanol–water partition coefficient (Wildman–Crippen LogP) is 3.84. The van der Waals surface area contributed by atoms with Crippen molar-refractivity contribution in [3.8, 4) is 0 Å². The molecule has 1 aromatic heterocycles. The van der Waals surface area contributed by atoms with Crippen molar-refractivity contribution < 1.29 is 19.1 Å². The Labute approximate surface area is 166 Å². The maximum atomic E-state index is 13.5. The smallest absolute Gasteiger partial charge is 0.295 e. The van der Waals surface area contributed by atoms with Gasteiger partial charge in [0.15, 0.2) is 0 Å². The summed E-state index contributed by atoms with van der Waals surface area (Å²) in [6.45, 7) is 0.181. The molecule has 2 aromatic carbocycles. The van der Waals surface area contributed by atoms with E-state index in [9.17, 15) is 19.1 Å². The average Bonchev–Trinajstić information content (AvgIpc) is 3.00. The Bertz CT molecular complexity index is 1080. The first kappa shape index (κ1) is 18.6. The lowest BCUT2D eigenvalue weighted by Crippen LogP contribution is -2.29. The molecular weight excluding hydrogens is 371 g/mol. The highest BCUT2D eigenvalue weighted by molar-refractivity contribution is 6.46. The maximum absolute atomic E-state index is 13.5. The number of aliphatic hydroxyl groups excluding tert-OH is 1. The van der Waals surface area contributed by atoms with Crippen LogP contribution >= 0.6 is 0 Å². The molecular formula is C23H17FN2O3. The van der Waals surface area contributed by atoms with Crippen LogP contribution in [0.2, 0.25) is 0 Å². The highest BCUT2D eigenvalue weighted by atomic mass is 19.1. The van der Waals surface area contributed by atoms with Crippen LogP contribution in [0, 0.1) is 5.82 Å². The summed E-state index contributed by atoms with van der Waals surface area (Å²) in [6.07, 6.45) is 2.98. The van der Waals surface area contributed by atoms with Gasteiger partial charge in [0.05, 0.1) is 11.6 Å². The molecule has 29 heavy (non-hydrogen) atoms. The van der Waals surface area contributed by atoms with Crippen LogP contribution in [0.15, 0.2) is 84.7 Å². The molecule has 1 amide bonds. The zero-order valence-corrected chi connectivity index (χ0v) is 15.3. The lowest BCUT2D eigenvalue weighted by molar-refractivity contribution is -0.140. The van der Waals surface area contributed by atoms with E-state index in [2.05, 4.69) is 4.98 Å². The van der Waals surface area contributed by atoms with Crippen LogP contribution in [-0.4, -0.2) is 26.7 Å². The van der Waals surface area contributed by atoms with E-state index < -0.39 is 23.5 Å². The average molecular weight is 388 g/mol. The van der Waals surface area contributed by atoms with Crippen LogP contribution < -0.4 is 0 Å². The van der Waals surface area contributed by atoms with E-state index in [0.717, 1.165) is 5.56 Å². The molecule has 0 radical (unpaired) electrons. The van der Waals surface area contributed by atoms with Gasteiger partial charge in [-0.3, -0.25) is 14.6 Å². The molecule has 0 bridgehead atoms. The minimum Gasteiger partial charge on any atom is -0.507 e. The van der Waals surface area contributed by atoms with Crippen LogP contribution in [0.5, 0.6) is 0 Å². The van der Waals surface area contributed by atoms with Gasteiger partial charge in [0.1, 0.15) is 11.6 Å². The number of rotatable bonds is 4. The predicted molar refractivity (Wildman–Crippen MR) is 105 cm³/mol. The van der Waals surface area contributed by atoms with Crippen LogP contribution in [0.3, 0.4) is 0 Å². The van der Waals surface area contributed by atoms with E-state index in [-0.39, 0.29) is 17.9 Å². The number of nitrogens with zero attached hydrogens (tertiary/aromatic N) is 2. The summed E-state index contributed by atoms with van der Waals surface area (Å²) in [5, 5.41) is 10.9. The van der Waals surface area contributed by atoms with Crippen molar-refractivity contribution in [3.05, 3.63) is 107 Å². The van der Waals surface area contributed by atoms with Crippen LogP contribution in [0.25, 0.3) is 5.76 Å². The Balaban J connectivity index is 1.86. The molecule has 3 aromatic rings. The standard InChI is InChI=1S/C23H17FN2O3/c24-18-8-6-16(7-9-18)20-19(21(27)17-10-12-25-13-11-17)22(28)23(29)26(20)14-15-4-2-1-3-5-15/h1-13,20,27H,14H2/b21-19+. The quantitative estimate of drug-likeness (QED) is 0.419. The summed E-state index contributed by atoms with van der Waals surface area (Å²) < 4.78 is 13.5. The topological polar surface area (TPSA) is 70.5 Å². The van der Waals surface area contributed by atoms with E-state index in [1.165, 1.54) is 41.6 Å². The van der Waals surface area contributed by atoms with Gasteiger partial charge in [0.25, 0.3) is 11.7 Å². The number of pyridine rings is 1. The zero-order valence-electron chi connectivity index (χ0n) is 15.3. The van der Waals surface area contributed by atoms with Crippen molar-refractivity contribution in [2.24, 2.45) is 0 Å². The second-order valence-corrected chi connectivity index (χ2v) is 6.70. The van der Waals surface area contributed by atoms with Gasteiger partial charge >= 0.3 is 0 Å². The number of aromatic nitrogens is 1. The van der Waals surface area contributed by atoms with Crippen LogP contribution in [0.1, 0.15) is 22.7 Å². The first-order valence-electron chi connectivity index (χ1n) is 9.04. The first-order chi connectivity index (χ1) is 14.1. The number of hydrogen-bond acceptors (Lipinski definition) is 4. The Hall–Kier alpha value is -3.80. The van der Waals surface area contributed by atoms with Crippen molar-refractivity contribution in [1.29, 1.82) is 0 Å². The fourth-order valence-electron chi connectivity index (χ4n) is 3.48. The number of benzene rings is 2. The summed E-state index contributed by atoms with van der Waals surface area (Å²) >= 11 is 0. The third-order valence-corrected chi connectivity index (χ3v) is 4.88. The fourth-order valence-corrected chi connectivity index (χ4v) is 3.48. The molecule has 1 unspecified atom stereocenters. The Morgan fingerprint density at radius 1 is 0.966 bits per heavy atom. The molecule has 6 heteroatoms. The lowest BCUT2D eigenvalue weighted by Gasteiger charge is -2.25. The van der Waals surface area contributed by atoms with E-state index >= 15 is 0 Å². The van der Waals surface area contributed by atoms with Gasteiger partial charge in [-0.1, -0.05) is 42.5 Å². The molecule has 1 saturated heterocycles. The minimum absolute atomic E-state index is 0.0243. The molecule has 2 heterocycles. The second kappa shape index (κ2) is 7.67. The maximum Gasteiger partial charge on any atom is 0.295 e. The third-order valence-electron chi connectivity index (χ3n) is 4.88. The van der Waals surface area contributed by atoms with Gasteiger partial charge in [0, 0.05) is 24.5 Å². The molecule has 144 valence electrons. The largest absolute Gasteiger partial charge is 0.507 e. The number of hydrogen-bond donors (Lipinski definition) is 1. The Morgan fingerprint density at radius 2 is 1.62 bits per heavy atom. The number of carbonyl (C=O) groups is 2. The summed E-state index contributed by atoms with van der Waals surface area (Å²) in [4.78, 5) is 31.0.